The molecular weight excluding hydrogens is 481 g/mol. The van der Waals surface area contributed by atoms with Gasteiger partial charge in [0.25, 0.3) is 5.91 Å². The summed E-state index contributed by atoms with van der Waals surface area (Å²) in [6, 6.07) is 26.6. The van der Waals surface area contributed by atoms with E-state index in [1.807, 2.05) is 49.4 Å². The van der Waals surface area contributed by atoms with E-state index in [0.717, 1.165) is 22.4 Å². The van der Waals surface area contributed by atoms with Gasteiger partial charge in [-0.1, -0.05) is 54.6 Å². The molecule has 1 aliphatic rings. The normalized spacial score (nSPS) is 13.3. The Labute approximate surface area is 220 Å². The molecule has 2 amide bonds. The predicted molar refractivity (Wildman–Crippen MR) is 146 cm³/mol. The molecule has 4 aromatic rings. The fourth-order valence-corrected chi connectivity index (χ4v) is 4.68. The van der Waals surface area contributed by atoms with Gasteiger partial charge in [-0.25, -0.2) is 4.39 Å². The zero-order valence-electron chi connectivity index (χ0n) is 21.0. The molecule has 38 heavy (non-hydrogen) atoms. The van der Waals surface area contributed by atoms with Crippen molar-refractivity contribution in [2.24, 2.45) is 5.73 Å². The predicted octanol–water partition coefficient (Wildman–Crippen LogP) is 5.48. The fraction of sp³-hybridized carbons (Fsp3) is 0.161. The van der Waals surface area contributed by atoms with Crippen molar-refractivity contribution in [1.82, 2.24) is 5.32 Å². The molecule has 7 heteroatoms. The Bertz CT molecular complexity index is 1490. The molecule has 6 nitrogen and oxygen atoms in total. The first-order valence-corrected chi connectivity index (χ1v) is 12.5. The third kappa shape index (κ3) is 5.37. The first-order chi connectivity index (χ1) is 18.4. The summed E-state index contributed by atoms with van der Waals surface area (Å²) in [7, 11) is 0. The number of nitrogens with two attached hydrogens (primary N) is 1. The highest BCUT2D eigenvalue weighted by molar-refractivity contribution is 5.99. The second kappa shape index (κ2) is 10.8. The Morgan fingerprint density at radius 2 is 1.79 bits per heavy atom. The van der Waals surface area contributed by atoms with Gasteiger partial charge in [-0.15, -0.1) is 0 Å². The summed E-state index contributed by atoms with van der Waals surface area (Å²) < 4.78 is 19.4. The van der Waals surface area contributed by atoms with Gasteiger partial charge >= 0.3 is 0 Å². The Hall–Kier alpha value is -4.65. The number of halogens is 1. The average Bonchev–Trinajstić information content (AvgIpc) is 2.93. The molecule has 0 aliphatic carbocycles. The molecule has 1 heterocycles. The Balaban J connectivity index is 1.29. The van der Waals surface area contributed by atoms with Gasteiger partial charge < -0.3 is 20.7 Å². The van der Waals surface area contributed by atoms with Gasteiger partial charge in [0, 0.05) is 17.7 Å². The quantitative estimate of drug-likeness (QED) is 0.346. The van der Waals surface area contributed by atoms with Gasteiger partial charge in [0.2, 0.25) is 5.91 Å². The highest BCUT2D eigenvalue weighted by atomic mass is 19.1. The Morgan fingerprint density at radius 3 is 2.55 bits per heavy atom. The summed E-state index contributed by atoms with van der Waals surface area (Å²) >= 11 is 0. The van der Waals surface area contributed by atoms with Crippen LogP contribution in [0.1, 0.15) is 44.8 Å². The maximum absolute atomic E-state index is 13.6. The molecule has 192 valence electrons. The van der Waals surface area contributed by atoms with E-state index in [4.69, 9.17) is 10.5 Å². The summed E-state index contributed by atoms with van der Waals surface area (Å²) in [5.74, 6) is -0.395. The highest BCUT2D eigenvalue weighted by Crippen LogP contribution is 2.34. The largest absolute Gasteiger partial charge is 0.490 e. The lowest BCUT2D eigenvalue weighted by Crippen LogP contribution is -2.32. The van der Waals surface area contributed by atoms with Crippen LogP contribution in [-0.4, -0.2) is 25.0 Å². The standard InChI is InChI=1S/C31H28FN3O3/c1-20(23-5-4-6-25(32)17-23)34-31(37)24-13-14-28-29(18-24)38-16-15-35(28)19-21-9-11-22(12-10-21)26-7-2-3-8-27(26)30(33)36/h2-14,17-18,20H,15-16,19H2,1H3,(H2,33,36)(H,34,37). The molecule has 0 saturated heterocycles. The minimum Gasteiger partial charge on any atom is -0.490 e. The maximum Gasteiger partial charge on any atom is 0.251 e. The summed E-state index contributed by atoms with van der Waals surface area (Å²) in [5, 5.41) is 2.92. The molecule has 5 rings (SSSR count). The number of nitrogens with zero attached hydrogens (tertiary/aromatic N) is 1. The summed E-state index contributed by atoms with van der Waals surface area (Å²) in [4.78, 5) is 26.9. The zero-order chi connectivity index (χ0) is 26.6. The molecule has 0 spiro atoms. The van der Waals surface area contributed by atoms with E-state index >= 15 is 0 Å². The number of nitrogens with one attached hydrogen (secondary N) is 1. The lowest BCUT2D eigenvalue weighted by Gasteiger charge is -2.31. The number of anilines is 1. The minimum absolute atomic E-state index is 0.253. The van der Waals surface area contributed by atoms with Gasteiger partial charge in [-0.05, 0) is 65.6 Å². The molecule has 3 N–H and O–H groups in total. The number of amides is 2. The van der Waals surface area contributed by atoms with E-state index in [0.29, 0.717) is 42.1 Å². The van der Waals surface area contributed by atoms with Crippen LogP contribution < -0.4 is 20.7 Å². The molecule has 0 radical (unpaired) electrons. The summed E-state index contributed by atoms with van der Waals surface area (Å²) in [6.07, 6.45) is 0. The molecule has 0 saturated carbocycles. The molecule has 1 atom stereocenters. The van der Waals surface area contributed by atoms with Crippen molar-refractivity contribution in [1.29, 1.82) is 0 Å². The van der Waals surface area contributed by atoms with Gasteiger partial charge in [0.15, 0.2) is 0 Å². The second-order valence-corrected chi connectivity index (χ2v) is 9.31. The molecule has 0 aromatic heterocycles. The van der Waals surface area contributed by atoms with Crippen LogP contribution in [0, 0.1) is 5.82 Å². The first kappa shape index (κ1) is 25.0. The van der Waals surface area contributed by atoms with Gasteiger partial charge in [-0.2, -0.15) is 0 Å². The highest BCUT2D eigenvalue weighted by Gasteiger charge is 2.21. The molecule has 0 fully saturated rings. The van der Waals surface area contributed by atoms with E-state index < -0.39 is 5.91 Å². The fourth-order valence-electron chi connectivity index (χ4n) is 4.68. The number of rotatable bonds is 7. The van der Waals surface area contributed by atoms with Gasteiger partial charge in [0.05, 0.1) is 18.3 Å². The summed E-state index contributed by atoms with van der Waals surface area (Å²) in [5.41, 5.74) is 11.0. The van der Waals surface area contributed by atoms with E-state index in [9.17, 15) is 14.0 Å². The van der Waals surface area contributed by atoms with Crippen LogP contribution in [-0.2, 0) is 6.54 Å². The van der Waals surface area contributed by atoms with Crippen molar-refractivity contribution in [3.63, 3.8) is 0 Å². The number of carbonyl (C=O) groups is 2. The second-order valence-electron chi connectivity index (χ2n) is 9.31. The van der Waals surface area contributed by atoms with E-state index in [1.165, 1.54) is 12.1 Å². The van der Waals surface area contributed by atoms with Crippen LogP contribution in [0.15, 0.2) is 91.0 Å². The third-order valence-corrected chi connectivity index (χ3v) is 6.71. The van der Waals surface area contributed by atoms with Crippen molar-refractivity contribution in [3.8, 4) is 16.9 Å². The maximum atomic E-state index is 13.6. The third-order valence-electron chi connectivity index (χ3n) is 6.71. The van der Waals surface area contributed by atoms with Gasteiger partial charge in [0.1, 0.15) is 18.2 Å². The molecule has 4 aromatic carbocycles. The van der Waals surface area contributed by atoms with Crippen molar-refractivity contribution < 1.29 is 18.7 Å². The Morgan fingerprint density at radius 1 is 1.00 bits per heavy atom. The number of carbonyl (C=O) groups excluding carboxylic acids is 2. The van der Waals surface area contributed by atoms with Crippen LogP contribution in [0.25, 0.3) is 11.1 Å². The van der Waals surface area contributed by atoms with Gasteiger partial charge in [-0.3, -0.25) is 9.59 Å². The van der Waals surface area contributed by atoms with Crippen molar-refractivity contribution in [2.45, 2.75) is 19.5 Å². The van der Waals surface area contributed by atoms with Crippen LogP contribution in [0.3, 0.4) is 0 Å². The first-order valence-electron chi connectivity index (χ1n) is 12.5. The smallest absolute Gasteiger partial charge is 0.251 e. The number of fused-ring (bicyclic) bond motifs is 1. The van der Waals surface area contributed by atoms with Crippen molar-refractivity contribution in [3.05, 3.63) is 119 Å². The minimum atomic E-state index is -0.453. The number of hydrogen-bond acceptors (Lipinski definition) is 4. The molecular formula is C31H28FN3O3. The van der Waals surface area contributed by atoms with E-state index in [2.05, 4.69) is 10.2 Å². The zero-order valence-corrected chi connectivity index (χ0v) is 21.0. The molecule has 0 bridgehead atoms. The van der Waals surface area contributed by atoms with Crippen LogP contribution >= 0.6 is 0 Å². The van der Waals surface area contributed by atoms with Crippen molar-refractivity contribution >= 4 is 17.5 Å². The lowest BCUT2D eigenvalue weighted by molar-refractivity contribution is 0.0938. The lowest BCUT2D eigenvalue weighted by atomic mass is 9.98. The van der Waals surface area contributed by atoms with E-state index in [1.54, 1.807) is 36.4 Å². The molecule has 1 unspecified atom stereocenters. The number of benzene rings is 4. The SMILES string of the molecule is CC(NC(=O)c1ccc2c(c1)OCCN2Cc1ccc(-c2ccccc2C(N)=O)cc1)c1cccc(F)c1. The monoisotopic (exact) mass is 509 g/mol. The van der Waals surface area contributed by atoms with Crippen LogP contribution in [0.5, 0.6) is 5.75 Å². The summed E-state index contributed by atoms with van der Waals surface area (Å²) in [6.45, 7) is 3.70. The Kier molecular flexibility index (Phi) is 7.09. The number of ether oxygens (including phenoxy) is 1. The van der Waals surface area contributed by atoms with E-state index in [-0.39, 0.29) is 17.8 Å². The molecule has 1 aliphatic heterocycles. The van der Waals surface area contributed by atoms with Crippen LogP contribution in [0.2, 0.25) is 0 Å². The average molecular weight is 510 g/mol. The van der Waals surface area contributed by atoms with Crippen LogP contribution in [0.4, 0.5) is 10.1 Å². The number of primary amides is 1. The number of hydrogen-bond donors (Lipinski definition) is 2. The topological polar surface area (TPSA) is 84.7 Å². The van der Waals surface area contributed by atoms with Crippen molar-refractivity contribution in [2.75, 3.05) is 18.1 Å².